The van der Waals surface area contributed by atoms with Crippen molar-refractivity contribution in [2.75, 3.05) is 0 Å². The van der Waals surface area contributed by atoms with Crippen LogP contribution >= 0.6 is 0 Å². The molecule has 0 saturated heterocycles. The summed E-state index contributed by atoms with van der Waals surface area (Å²) in [5.74, 6) is 0.735. The summed E-state index contributed by atoms with van der Waals surface area (Å²) in [5.41, 5.74) is 0.928. The van der Waals surface area contributed by atoms with Crippen molar-refractivity contribution in [3.05, 3.63) is 48.3 Å². The molecule has 3 rings (SSSR count). The Morgan fingerprint density at radius 1 is 1.17 bits per heavy atom. The van der Waals surface area contributed by atoms with Gasteiger partial charge in [-0.05, 0) is 61.6 Å². The first kappa shape index (κ1) is 16.1. The lowest BCUT2D eigenvalue weighted by Crippen LogP contribution is -2.23. The van der Waals surface area contributed by atoms with Gasteiger partial charge in [0.2, 0.25) is 10.0 Å². The van der Waals surface area contributed by atoms with E-state index >= 15 is 0 Å². The fourth-order valence-electron chi connectivity index (χ4n) is 2.82. The van der Waals surface area contributed by atoms with Crippen LogP contribution in [0.3, 0.4) is 0 Å². The van der Waals surface area contributed by atoms with Crippen LogP contribution in [-0.2, 0) is 23.6 Å². The van der Waals surface area contributed by atoms with Crippen LogP contribution in [0.2, 0.25) is 0 Å². The fourth-order valence-corrected chi connectivity index (χ4v) is 3.84. The van der Waals surface area contributed by atoms with Crippen molar-refractivity contribution in [2.24, 2.45) is 7.05 Å². The number of ether oxygens (including phenoxy) is 1. The third-order valence-electron chi connectivity index (χ3n) is 4.10. The first-order valence-corrected chi connectivity index (χ1v) is 9.38. The van der Waals surface area contributed by atoms with Gasteiger partial charge in [-0.1, -0.05) is 0 Å². The molecule has 0 bridgehead atoms. The van der Waals surface area contributed by atoms with E-state index in [2.05, 4.69) is 4.72 Å². The molecule has 124 valence electrons. The second-order valence-corrected chi connectivity index (χ2v) is 7.77. The monoisotopic (exact) mass is 334 g/mol. The van der Waals surface area contributed by atoms with E-state index in [1.54, 1.807) is 24.3 Å². The third kappa shape index (κ3) is 4.14. The first-order valence-electron chi connectivity index (χ1n) is 7.90. The molecule has 0 amide bonds. The van der Waals surface area contributed by atoms with Crippen molar-refractivity contribution in [1.29, 1.82) is 0 Å². The maximum Gasteiger partial charge on any atom is 0.240 e. The minimum absolute atomic E-state index is 0.257. The minimum atomic E-state index is -3.51. The first-order chi connectivity index (χ1) is 11.0. The van der Waals surface area contributed by atoms with Gasteiger partial charge in [-0.3, -0.25) is 0 Å². The number of benzene rings is 1. The number of rotatable bonds is 6. The SMILES string of the molecule is Cn1ccc(CNS(=O)(=O)c2ccc(OC3CCCC3)cc2)c1. The van der Waals surface area contributed by atoms with Crippen molar-refractivity contribution in [1.82, 2.24) is 9.29 Å². The van der Waals surface area contributed by atoms with E-state index in [-0.39, 0.29) is 17.5 Å². The summed E-state index contributed by atoms with van der Waals surface area (Å²) in [7, 11) is -1.60. The largest absolute Gasteiger partial charge is 0.490 e. The second-order valence-electron chi connectivity index (χ2n) is 6.01. The number of hydrogen-bond acceptors (Lipinski definition) is 3. The summed E-state index contributed by atoms with van der Waals surface area (Å²) in [5, 5.41) is 0. The zero-order chi connectivity index (χ0) is 16.3. The highest BCUT2D eigenvalue weighted by Gasteiger charge is 2.18. The Balaban J connectivity index is 1.62. The topological polar surface area (TPSA) is 60.3 Å². The Labute approximate surface area is 137 Å². The third-order valence-corrected chi connectivity index (χ3v) is 5.52. The summed E-state index contributed by atoms with van der Waals surface area (Å²) >= 11 is 0. The molecule has 1 aromatic heterocycles. The number of aromatic nitrogens is 1. The van der Waals surface area contributed by atoms with Gasteiger partial charge in [-0.15, -0.1) is 0 Å². The van der Waals surface area contributed by atoms with Crippen molar-refractivity contribution in [2.45, 2.75) is 43.2 Å². The van der Waals surface area contributed by atoms with E-state index in [1.807, 2.05) is 30.1 Å². The Morgan fingerprint density at radius 2 is 1.87 bits per heavy atom. The zero-order valence-electron chi connectivity index (χ0n) is 13.2. The summed E-state index contributed by atoms with van der Waals surface area (Å²) in [4.78, 5) is 0.257. The Morgan fingerprint density at radius 3 is 2.48 bits per heavy atom. The fraction of sp³-hybridized carbons (Fsp3) is 0.412. The van der Waals surface area contributed by atoms with E-state index in [0.29, 0.717) is 0 Å². The lowest BCUT2D eigenvalue weighted by molar-refractivity contribution is 0.210. The second kappa shape index (κ2) is 6.76. The Kier molecular flexibility index (Phi) is 4.73. The number of nitrogens with zero attached hydrogens (tertiary/aromatic N) is 1. The molecule has 23 heavy (non-hydrogen) atoms. The molecule has 2 aromatic rings. The molecule has 1 N–H and O–H groups in total. The average Bonchev–Trinajstić information content (AvgIpc) is 3.18. The van der Waals surface area contributed by atoms with Crippen LogP contribution in [0.4, 0.5) is 0 Å². The highest BCUT2D eigenvalue weighted by Crippen LogP contribution is 2.24. The summed E-state index contributed by atoms with van der Waals surface area (Å²) in [6.07, 6.45) is 8.63. The van der Waals surface area contributed by atoms with Gasteiger partial charge < -0.3 is 9.30 Å². The molecular weight excluding hydrogens is 312 g/mol. The smallest absolute Gasteiger partial charge is 0.240 e. The molecule has 0 aliphatic heterocycles. The van der Waals surface area contributed by atoms with Gasteiger partial charge in [0.25, 0.3) is 0 Å². The van der Waals surface area contributed by atoms with Crippen LogP contribution < -0.4 is 9.46 Å². The highest BCUT2D eigenvalue weighted by molar-refractivity contribution is 7.89. The highest BCUT2D eigenvalue weighted by atomic mass is 32.2. The molecule has 0 radical (unpaired) electrons. The van der Waals surface area contributed by atoms with E-state index in [1.165, 1.54) is 12.8 Å². The van der Waals surface area contributed by atoms with E-state index in [9.17, 15) is 8.42 Å². The van der Waals surface area contributed by atoms with Gasteiger partial charge in [0.1, 0.15) is 5.75 Å². The van der Waals surface area contributed by atoms with Crippen LogP contribution in [0.15, 0.2) is 47.6 Å². The Bertz CT molecular complexity index is 744. The predicted molar refractivity (Wildman–Crippen MR) is 88.8 cm³/mol. The normalized spacial score (nSPS) is 15.9. The molecule has 0 spiro atoms. The molecule has 1 aliphatic rings. The summed E-state index contributed by atoms with van der Waals surface area (Å²) < 4.78 is 35.0. The molecule has 1 aromatic carbocycles. The van der Waals surface area contributed by atoms with Crippen LogP contribution in [0, 0.1) is 0 Å². The molecule has 6 heteroatoms. The quantitative estimate of drug-likeness (QED) is 0.884. The van der Waals surface area contributed by atoms with Crippen molar-refractivity contribution in [3.63, 3.8) is 0 Å². The molecular formula is C17H22N2O3S. The van der Waals surface area contributed by atoms with Gasteiger partial charge >= 0.3 is 0 Å². The van der Waals surface area contributed by atoms with E-state index in [0.717, 1.165) is 24.2 Å². The summed E-state index contributed by atoms with van der Waals surface area (Å²) in [6.45, 7) is 0.281. The van der Waals surface area contributed by atoms with Gasteiger partial charge in [0.15, 0.2) is 0 Å². The molecule has 1 fully saturated rings. The van der Waals surface area contributed by atoms with Gasteiger partial charge in [-0.2, -0.15) is 0 Å². The maximum absolute atomic E-state index is 12.3. The van der Waals surface area contributed by atoms with Gasteiger partial charge in [0, 0.05) is 26.0 Å². The number of hydrogen-bond donors (Lipinski definition) is 1. The lowest BCUT2D eigenvalue weighted by atomic mass is 10.3. The molecule has 1 aliphatic carbocycles. The van der Waals surface area contributed by atoms with Crippen molar-refractivity contribution >= 4 is 10.0 Å². The lowest BCUT2D eigenvalue weighted by Gasteiger charge is -2.13. The summed E-state index contributed by atoms with van der Waals surface area (Å²) in [6, 6.07) is 8.54. The van der Waals surface area contributed by atoms with Gasteiger partial charge in [-0.25, -0.2) is 13.1 Å². The predicted octanol–water partition coefficient (Wildman–Crippen LogP) is 2.83. The number of aryl methyl sites for hydroxylation is 1. The maximum atomic E-state index is 12.3. The van der Waals surface area contributed by atoms with Gasteiger partial charge in [0.05, 0.1) is 11.0 Å². The number of nitrogens with one attached hydrogen (secondary N) is 1. The average molecular weight is 334 g/mol. The number of sulfonamides is 1. The van der Waals surface area contributed by atoms with Crippen LogP contribution in [-0.4, -0.2) is 19.1 Å². The van der Waals surface area contributed by atoms with Crippen LogP contribution in [0.25, 0.3) is 0 Å². The zero-order valence-corrected chi connectivity index (χ0v) is 14.1. The van der Waals surface area contributed by atoms with Crippen LogP contribution in [0.1, 0.15) is 31.2 Å². The van der Waals surface area contributed by atoms with Crippen molar-refractivity contribution < 1.29 is 13.2 Å². The molecule has 5 nitrogen and oxygen atoms in total. The molecule has 1 saturated carbocycles. The minimum Gasteiger partial charge on any atom is -0.490 e. The van der Waals surface area contributed by atoms with Crippen molar-refractivity contribution in [3.8, 4) is 5.75 Å². The molecule has 0 unspecified atom stereocenters. The van der Waals surface area contributed by atoms with Crippen LogP contribution in [0.5, 0.6) is 5.75 Å². The van der Waals surface area contributed by atoms with E-state index < -0.39 is 10.0 Å². The molecule has 0 atom stereocenters. The standard InChI is InChI=1S/C17H22N2O3S/c1-19-11-10-14(13-19)12-18-23(20,21)17-8-6-16(7-9-17)22-15-4-2-3-5-15/h6-11,13,15,18H,2-5,12H2,1H3. The molecule has 1 heterocycles. The van der Waals surface area contributed by atoms with E-state index in [4.69, 9.17) is 4.74 Å². The Hall–Kier alpha value is -1.79.